The van der Waals surface area contributed by atoms with Crippen LogP contribution in [0.25, 0.3) is 0 Å². The number of ether oxygens (including phenoxy) is 3. The Labute approximate surface area is 150 Å². The highest BCUT2D eigenvalue weighted by molar-refractivity contribution is 5.89. The van der Waals surface area contributed by atoms with E-state index in [4.69, 9.17) is 14.2 Å². The van der Waals surface area contributed by atoms with Crippen LogP contribution < -0.4 is 14.8 Å². The molecule has 1 saturated carbocycles. The predicted molar refractivity (Wildman–Crippen MR) is 96.3 cm³/mol. The molecule has 0 spiro atoms. The molecule has 138 valence electrons. The lowest BCUT2D eigenvalue weighted by Crippen LogP contribution is -2.48. The van der Waals surface area contributed by atoms with Gasteiger partial charge in [-0.05, 0) is 50.3 Å². The van der Waals surface area contributed by atoms with Crippen molar-refractivity contribution in [2.45, 2.75) is 56.5 Å². The van der Waals surface area contributed by atoms with Gasteiger partial charge in [-0.3, -0.25) is 4.79 Å². The van der Waals surface area contributed by atoms with Crippen molar-refractivity contribution >= 4 is 5.91 Å². The maximum Gasteiger partial charge on any atom is 0.230 e. The Bertz CT molecular complexity index is 616. The summed E-state index contributed by atoms with van der Waals surface area (Å²) in [6, 6.07) is 5.85. The maximum absolute atomic E-state index is 13.2. The number of methoxy groups -OCH3 is 2. The highest BCUT2D eigenvalue weighted by Gasteiger charge is 2.44. The van der Waals surface area contributed by atoms with Gasteiger partial charge in [0.1, 0.15) is 0 Å². The molecule has 1 aromatic rings. The zero-order valence-electron chi connectivity index (χ0n) is 15.5. The molecular formula is C20H29NO4. The monoisotopic (exact) mass is 347 g/mol. The second kappa shape index (κ2) is 7.24. The number of benzene rings is 1. The van der Waals surface area contributed by atoms with Gasteiger partial charge in [0.25, 0.3) is 0 Å². The molecule has 1 N–H and O–H groups in total. The third-order valence-corrected chi connectivity index (χ3v) is 5.75. The molecule has 0 radical (unpaired) electrons. The molecule has 0 bridgehead atoms. The summed E-state index contributed by atoms with van der Waals surface area (Å²) in [5.41, 5.74) is 0.305. The lowest BCUT2D eigenvalue weighted by atomic mass is 9.77. The van der Waals surface area contributed by atoms with Crippen molar-refractivity contribution in [3.63, 3.8) is 0 Å². The zero-order valence-corrected chi connectivity index (χ0v) is 15.5. The van der Waals surface area contributed by atoms with E-state index >= 15 is 0 Å². The smallest absolute Gasteiger partial charge is 0.230 e. The Kier molecular flexibility index (Phi) is 5.23. The van der Waals surface area contributed by atoms with E-state index in [0.717, 1.165) is 50.7 Å². The summed E-state index contributed by atoms with van der Waals surface area (Å²) in [6.07, 6.45) is 5.92. The minimum absolute atomic E-state index is 0.106. The minimum atomic E-state index is -0.478. The first-order valence-electron chi connectivity index (χ1n) is 9.18. The van der Waals surface area contributed by atoms with Crippen molar-refractivity contribution in [2.75, 3.05) is 27.4 Å². The van der Waals surface area contributed by atoms with Gasteiger partial charge in [-0.1, -0.05) is 18.9 Å². The highest BCUT2D eigenvalue weighted by atomic mass is 16.5. The number of rotatable bonds is 6. The first kappa shape index (κ1) is 18.1. The van der Waals surface area contributed by atoms with Crippen molar-refractivity contribution in [1.29, 1.82) is 0 Å². The van der Waals surface area contributed by atoms with Crippen LogP contribution in [0.5, 0.6) is 11.5 Å². The number of carbonyl (C=O) groups is 1. The fraction of sp³-hybridized carbons (Fsp3) is 0.650. The molecular weight excluding hydrogens is 318 g/mol. The molecule has 25 heavy (non-hydrogen) atoms. The van der Waals surface area contributed by atoms with E-state index in [1.165, 1.54) is 0 Å². The summed E-state index contributed by atoms with van der Waals surface area (Å²) >= 11 is 0. The van der Waals surface area contributed by atoms with E-state index in [0.29, 0.717) is 18.0 Å². The van der Waals surface area contributed by atoms with Crippen LogP contribution >= 0.6 is 0 Å². The number of hydrogen-bond donors (Lipinski definition) is 1. The van der Waals surface area contributed by atoms with E-state index in [1.807, 2.05) is 18.2 Å². The van der Waals surface area contributed by atoms with Crippen LogP contribution in [0.15, 0.2) is 18.2 Å². The van der Waals surface area contributed by atoms with Gasteiger partial charge >= 0.3 is 0 Å². The first-order chi connectivity index (χ1) is 12.0. The van der Waals surface area contributed by atoms with Crippen molar-refractivity contribution in [2.24, 2.45) is 0 Å². The van der Waals surface area contributed by atoms with Gasteiger partial charge in [0.15, 0.2) is 11.5 Å². The fourth-order valence-corrected chi connectivity index (χ4v) is 4.17. The predicted octanol–water partition coefficient (Wildman–Crippen LogP) is 3.20. The normalized spacial score (nSPS) is 24.9. The van der Waals surface area contributed by atoms with Crippen LogP contribution in [-0.4, -0.2) is 38.9 Å². The third-order valence-electron chi connectivity index (χ3n) is 5.75. The molecule has 0 aromatic heterocycles. The average Bonchev–Trinajstić information content (AvgIpc) is 3.29. The summed E-state index contributed by atoms with van der Waals surface area (Å²) in [7, 11) is 3.25. The molecule has 5 heteroatoms. The van der Waals surface area contributed by atoms with Gasteiger partial charge in [0.05, 0.1) is 25.2 Å². The van der Waals surface area contributed by atoms with E-state index in [2.05, 4.69) is 12.2 Å². The van der Waals surface area contributed by atoms with E-state index in [1.54, 1.807) is 14.2 Å². The second-order valence-corrected chi connectivity index (χ2v) is 7.44. The third kappa shape index (κ3) is 3.47. The minimum Gasteiger partial charge on any atom is -0.493 e. The Balaban J connectivity index is 1.82. The standard InChI is InChI=1S/C20H29NO4/c1-19(9-6-12-25-19)14-21-18(22)20(10-4-5-11-20)15-7-8-16(23-2)17(13-15)24-3/h7-8,13H,4-6,9-12,14H2,1-3H3,(H,21,22). The zero-order chi connectivity index (χ0) is 17.9. The molecule has 3 rings (SSSR count). The average molecular weight is 347 g/mol. The number of amides is 1. The summed E-state index contributed by atoms with van der Waals surface area (Å²) in [5.74, 6) is 1.46. The fourth-order valence-electron chi connectivity index (χ4n) is 4.17. The Morgan fingerprint density at radius 3 is 2.44 bits per heavy atom. The van der Waals surface area contributed by atoms with E-state index in [-0.39, 0.29) is 11.5 Å². The quantitative estimate of drug-likeness (QED) is 0.858. The Hall–Kier alpha value is -1.75. The lowest BCUT2D eigenvalue weighted by molar-refractivity contribution is -0.128. The molecule has 1 atom stereocenters. The summed E-state index contributed by atoms with van der Waals surface area (Å²) < 4.78 is 16.6. The Morgan fingerprint density at radius 1 is 1.12 bits per heavy atom. The van der Waals surface area contributed by atoms with Gasteiger partial charge in [-0.15, -0.1) is 0 Å². The number of carbonyl (C=O) groups excluding carboxylic acids is 1. The number of nitrogens with one attached hydrogen (secondary N) is 1. The molecule has 5 nitrogen and oxygen atoms in total. The van der Waals surface area contributed by atoms with Gasteiger partial charge in [0, 0.05) is 13.2 Å². The molecule has 1 saturated heterocycles. The highest BCUT2D eigenvalue weighted by Crippen LogP contribution is 2.44. The van der Waals surface area contributed by atoms with Crippen molar-refractivity contribution in [1.82, 2.24) is 5.32 Å². The second-order valence-electron chi connectivity index (χ2n) is 7.44. The van der Waals surface area contributed by atoms with Gasteiger partial charge < -0.3 is 19.5 Å². The van der Waals surface area contributed by atoms with Crippen LogP contribution in [0.3, 0.4) is 0 Å². The summed E-state index contributed by atoms with van der Waals surface area (Å²) in [5, 5.41) is 3.18. The maximum atomic E-state index is 13.2. The lowest BCUT2D eigenvalue weighted by Gasteiger charge is -2.31. The van der Waals surface area contributed by atoms with Crippen LogP contribution in [0.4, 0.5) is 0 Å². The molecule has 1 aliphatic heterocycles. The molecule has 1 aliphatic carbocycles. The van der Waals surface area contributed by atoms with Gasteiger partial charge in [0.2, 0.25) is 5.91 Å². The van der Waals surface area contributed by atoms with Crippen LogP contribution in [0.1, 0.15) is 51.0 Å². The summed E-state index contributed by atoms with van der Waals surface area (Å²) in [4.78, 5) is 13.2. The van der Waals surface area contributed by atoms with E-state index in [9.17, 15) is 4.79 Å². The van der Waals surface area contributed by atoms with Crippen LogP contribution in [0.2, 0.25) is 0 Å². The summed E-state index contributed by atoms with van der Waals surface area (Å²) in [6.45, 7) is 3.44. The molecule has 1 heterocycles. The first-order valence-corrected chi connectivity index (χ1v) is 9.18. The topological polar surface area (TPSA) is 56.8 Å². The van der Waals surface area contributed by atoms with Crippen LogP contribution in [0, 0.1) is 0 Å². The molecule has 2 aliphatic rings. The van der Waals surface area contributed by atoms with Crippen molar-refractivity contribution < 1.29 is 19.0 Å². The van der Waals surface area contributed by atoms with Crippen molar-refractivity contribution in [3.8, 4) is 11.5 Å². The molecule has 2 fully saturated rings. The molecule has 1 aromatic carbocycles. The number of hydrogen-bond acceptors (Lipinski definition) is 4. The molecule has 1 amide bonds. The van der Waals surface area contributed by atoms with Crippen molar-refractivity contribution in [3.05, 3.63) is 23.8 Å². The largest absolute Gasteiger partial charge is 0.493 e. The van der Waals surface area contributed by atoms with Gasteiger partial charge in [-0.25, -0.2) is 0 Å². The molecule has 1 unspecified atom stereocenters. The van der Waals surface area contributed by atoms with Crippen LogP contribution in [-0.2, 0) is 14.9 Å². The van der Waals surface area contributed by atoms with Gasteiger partial charge in [-0.2, -0.15) is 0 Å². The van der Waals surface area contributed by atoms with E-state index < -0.39 is 5.41 Å². The Morgan fingerprint density at radius 2 is 1.84 bits per heavy atom. The SMILES string of the molecule is COc1ccc(C2(C(=O)NCC3(C)CCCO3)CCCC2)cc1OC.